The second-order valence-electron chi connectivity index (χ2n) is 9.09. The summed E-state index contributed by atoms with van der Waals surface area (Å²) in [5, 5.41) is 19.0. The Bertz CT molecular complexity index is 1220. The van der Waals surface area contributed by atoms with E-state index in [0.717, 1.165) is 0 Å². The summed E-state index contributed by atoms with van der Waals surface area (Å²) in [6.45, 7) is 2.86. The molecule has 0 spiro atoms. The first kappa shape index (κ1) is 25.0. The number of carbonyl (C=O) groups is 2. The number of nitrogens with one attached hydrogen (secondary N) is 2. The summed E-state index contributed by atoms with van der Waals surface area (Å²) in [5.74, 6) is -1.12. The van der Waals surface area contributed by atoms with Crippen LogP contribution in [-0.2, 0) is 14.3 Å². The van der Waals surface area contributed by atoms with Gasteiger partial charge in [-0.3, -0.25) is 14.7 Å². The molecule has 0 radical (unpaired) electrons. The zero-order valence-electron chi connectivity index (χ0n) is 19.4. The van der Waals surface area contributed by atoms with Crippen molar-refractivity contribution in [2.45, 2.75) is 43.9 Å². The lowest BCUT2D eigenvalue weighted by molar-refractivity contribution is -0.133. The van der Waals surface area contributed by atoms with Crippen LogP contribution in [0.5, 0.6) is 0 Å². The van der Waals surface area contributed by atoms with Gasteiger partial charge in [0, 0.05) is 53.3 Å². The number of benzene rings is 1. The molecule has 1 aromatic heterocycles. The van der Waals surface area contributed by atoms with Crippen molar-refractivity contribution in [3.63, 3.8) is 0 Å². The Hall–Kier alpha value is -2.67. The largest absolute Gasteiger partial charge is 0.478 e. The number of rotatable bonds is 6. The molecule has 2 saturated heterocycles. The van der Waals surface area contributed by atoms with Crippen molar-refractivity contribution >= 4 is 45.0 Å². The fraction of sp³-hybridized carbons (Fsp3) is 0.417. The van der Waals surface area contributed by atoms with Crippen molar-refractivity contribution in [3.05, 3.63) is 61.9 Å². The number of aliphatic carboxylic acids is 1. The number of aliphatic imine (C=N–C) groups is 1. The zero-order valence-corrected chi connectivity index (χ0v) is 21.8. The highest BCUT2D eigenvalue weighted by atomic mass is 79.9. The van der Waals surface area contributed by atoms with E-state index in [4.69, 9.17) is 9.73 Å². The summed E-state index contributed by atoms with van der Waals surface area (Å²) >= 11 is 4.79. The number of aromatic nitrogens is 1. The Kier molecular flexibility index (Phi) is 7.20. The molecule has 4 heterocycles. The van der Waals surface area contributed by atoms with Crippen molar-refractivity contribution in [1.29, 1.82) is 0 Å². The van der Waals surface area contributed by atoms with Gasteiger partial charge in [-0.2, -0.15) is 0 Å². The first-order valence-electron chi connectivity index (χ1n) is 11.6. The molecule has 3 aliphatic heterocycles. The van der Waals surface area contributed by atoms with E-state index in [0.29, 0.717) is 59.2 Å². The van der Waals surface area contributed by atoms with Gasteiger partial charge in [-0.05, 0) is 30.5 Å². The summed E-state index contributed by atoms with van der Waals surface area (Å²) in [7, 11) is 0. The summed E-state index contributed by atoms with van der Waals surface area (Å²) < 4.78 is 20.1. The number of amidine groups is 1. The van der Waals surface area contributed by atoms with Crippen molar-refractivity contribution in [1.82, 2.24) is 20.5 Å². The molecule has 3 N–H and O–H groups in total. The highest BCUT2D eigenvalue weighted by Gasteiger charge is 2.41. The number of thiazole rings is 1. The number of ether oxygens (including phenoxy) is 1. The van der Waals surface area contributed by atoms with Crippen molar-refractivity contribution in [2.75, 3.05) is 19.8 Å². The first-order valence-corrected chi connectivity index (χ1v) is 13.2. The van der Waals surface area contributed by atoms with Crippen molar-refractivity contribution in [2.24, 2.45) is 4.99 Å². The third kappa shape index (κ3) is 5.08. The number of hydrogen-bond acceptors (Lipinski definition) is 8. The van der Waals surface area contributed by atoms with Crippen LogP contribution in [0.2, 0.25) is 0 Å². The SMILES string of the molecule is CC(=O)N[C@@H]1C[C@H]2COC[C@@H](C1)N2CC1=C(C(=O)O)[C@H](c2ccc(F)cc2Br)N=C(c2nccs2)N1. The summed E-state index contributed by atoms with van der Waals surface area (Å²) in [6.07, 6.45) is 3.09. The lowest BCUT2D eigenvalue weighted by atomic mass is 9.89. The molecule has 190 valence electrons. The number of carboxylic acid groups (broad SMARTS) is 1. The maximum absolute atomic E-state index is 13.8. The van der Waals surface area contributed by atoms with E-state index in [-0.39, 0.29) is 29.6 Å². The number of amides is 1. The molecule has 1 amide bonds. The number of piperidine rings is 1. The lowest BCUT2D eigenvalue weighted by Gasteiger charge is -2.49. The van der Waals surface area contributed by atoms with E-state index >= 15 is 0 Å². The first-order chi connectivity index (χ1) is 17.3. The highest BCUT2D eigenvalue weighted by Crippen LogP contribution is 2.37. The van der Waals surface area contributed by atoms with Gasteiger partial charge in [0.05, 0.1) is 18.8 Å². The smallest absolute Gasteiger partial charge is 0.335 e. The average Bonchev–Trinajstić information content (AvgIpc) is 3.33. The number of carboxylic acids is 1. The molecule has 5 rings (SSSR count). The Balaban J connectivity index is 1.53. The fourth-order valence-electron chi connectivity index (χ4n) is 5.21. The minimum Gasteiger partial charge on any atom is -0.478 e. The van der Waals surface area contributed by atoms with Crippen LogP contribution in [-0.4, -0.2) is 70.6 Å². The third-order valence-corrected chi connectivity index (χ3v) is 8.13. The topological polar surface area (TPSA) is 116 Å². The van der Waals surface area contributed by atoms with Gasteiger partial charge in [0.15, 0.2) is 10.8 Å². The van der Waals surface area contributed by atoms with Crippen LogP contribution in [0, 0.1) is 5.82 Å². The van der Waals surface area contributed by atoms with Gasteiger partial charge < -0.3 is 20.5 Å². The summed E-state index contributed by atoms with van der Waals surface area (Å²) in [6, 6.07) is 3.41. The van der Waals surface area contributed by atoms with Crippen molar-refractivity contribution in [3.8, 4) is 0 Å². The molecule has 2 fully saturated rings. The molecule has 0 saturated carbocycles. The fourth-order valence-corrected chi connectivity index (χ4v) is 6.36. The van der Waals surface area contributed by atoms with E-state index in [2.05, 4.69) is 36.4 Å². The van der Waals surface area contributed by atoms with Gasteiger partial charge in [0.2, 0.25) is 5.91 Å². The number of morpholine rings is 1. The number of carbonyl (C=O) groups excluding carboxylic acids is 1. The number of halogens is 2. The van der Waals surface area contributed by atoms with Gasteiger partial charge >= 0.3 is 5.97 Å². The Labute approximate surface area is 219 Å². The van der Waals surface area contributed by atoms with E-state index in [1.807, 2.05) is 5.38 Å². The maximum atomic E-state index is 13.8. The molecular weight excluding hydrogens is 553 g/mol. The average molecular weight is 578 g/mol. The highest BCUT2D eigenvalue weighted by molar-refractivity contribution is 9.10. The maximum Gasteiger partial charge on any atom is 0.335 e. The van der Waals surface area contributed by atoms with E-state index in [1.165, 1.54) is 30.4 Å². The molecule has 36 heavy (non-hydrogen) atoms. The second-order valence-corrected chi connectivity index (χ2v) is 10.8. The van der Waals surface area contributed by atoms with Crippen LogP contribution in [0.1, 0.15) is 36.4 Å². The summed E-state index contributed by atoms with van der Waals surface area (Å²) in [5.41, 5.74) is 1.17. The minimum absolute atomic E-state index is 0.0249. The molecule has 2 bridgehead atoms. The number of fused-ring (bicyclic) bond motifs is 2. The van der Waals surface area contributed by atoms with Gasteiger partial charge in [0.25, 0.3) is 0 Å². The molecule has 12 heteroatoms. The van der Waals surface area contributed by atoms with Crippen LogP contribution < -0.4 is 10.6 Å². The molecule has 2 aromatic rings. The standard InChI is InChI=1S/C24H25BrFN5O4S/c1-12(32)28-14-7-15-10-35-11-16(8-14)31(15)9-19-20(24(33)34)21(17-3-2-13(26)6-18(17)25)30-22(29-19)23-27-4-5-36-23/h2-6,14-16,21H,7-11H2,1H3,(H,28,32)(H,29,30)(H,33,34)/t14-,15+,16-,21-/m0/s1. The van der Waals surface area contributed by atoms with Gasteiger partial charge in [-0.15, -0.1) is 11.3 Å². The summed E-state index contributed by atoms with van der Waals surface area (Å²) in [4.78, 5) is 35.6. The van der Waals surface area contributed by atoms with E-state index < -0.39 is 17.8 Å². The van der Waals surface area contributed by atoms with Gasteiger partial charge in [0.1, 0.15) is 11.9 Å². The molecule has 9 nitrogen and oxygen atoms in total. The molecule has 4 atom stereocenters. The Morgan fingerprint density at radius 3 is 2.69 bits per heavy atom. The molecule has 3 aliphatic rings. The Morgan fingerprint density at radius 2 is 2.08 bits per heavy atom. The van der Waals surface area contributed by atoms with E-state index in [1.54, 1.807) is 12.3 Å². The van der Waals surface area contributed by atoms with Crippen LogP contribution in [0.15, 0.2) is 50.5 Å². The predicted octanol–water partition coefficient (Wildman–Crippen LogP) is 2.84. The van der Waals surface area contributed by atoms with Gasteiger partial charge in [-0.25, -0.2) is 14.2 Å². The quantitative estimate of drug-likeness (QED) is 0.483. The van der Waals surface area contributed by atoms with Crippen molar-refractivity contribution < 1.29 is 23.8 Å². The monoisotopic (exact) mass is 577 g/mol. The lowest BCUT2D eigenvalue weighted by Crippen LogP contribution is -2.61. The van der Waals surface area contributed by atoms with Crippen LogP contribution in [0.25, 0.3) is 0 Å². The molecule has 0 aliphatic carbocycles. The molecule has 0 unspecified atom stereocenters. The van der Waals surface area contributed by atoms with E-state index in [9.17, 15) is 19.1 Å². The molecular formula is C24H25BrFN5O4S. The molecule has 1 aromatic carbocycles. The number of hydrogen-bond donors (Lipinski definition) is 3. The zero-order chi connectivity index (χ0) is 25.4. The van der Waals surface area contributed by atoms with Crippen LogP contribution in [0.4, 0.5) is 4.39 Å². The third-order valence-electron chi connectivity index (χ3n) is 6.67. The van der Waals surface area contributed by atoms with Crippen LogP contribution >= 0.6 is 27.3 Å². The number of nitrogens with zero attached hydrogens (tertiary/aromatic N) is 3. The van der Waals surface area contributed by atoms with Gasteiger partial charge in [-0.1, -0.05) is 22.0 Å². The van der Waals surface area contributed by atoms with Crippen LogP contribution in [0.3, 0.4) is 0 Å². The predicted molar refractivity (Wildman–Crippen MR) is 135 cm³/mol. The minimum atomic E-state index is -1.10. The normalized spacial score (nSPS) is 26.2. The Morgan fingerprint density at radius 1 is 1.33 bits per heavy atom. The second kappa shape index (κ2) is 10.4.